The molecule has 134 valence electrons. The third-order valence-electron chi connectivity index (χ3n) is 3.58. The van der Waals surface area contributed by atoms with Crippen molar-refractivity contribution >= 4 is 17.3 Å². The molecule has 7 heteroatoms. The van der Waals surface area contributed by atoms with E-state index in [1.165, 1.54) is 37.7 Å². The number of halogens is 1. The molecule has 0 amide bonds. The van der Waals surface area contributed by atoms with Crippen LogP contribution in [0.3, 0.4) is 0 Å². The third kappa shape index (κ3) is 4.18. The fourth-order valence-corrected chi connectivity index (χ4v) is 3.06. The maximum absolute atomic E-state index is 13.0. The summed E-state index contributed by atoms with van der Waals surface area (Å²) >= 11 is 1.40. The largest absolute Gasteiger partial charge is 0.497 e. The summed E-state index contributed by atoms with van der Waals surface area (Å²) in [6, 6.07) is 10.9. The minimum Gasteiger partial charge on any atom is -0.497 e. The van der Waals surface area contributed by atoms with Crippen LogP contribution in [0.1, 0.15) is 16.1 Å². The van der Waals surface area contributed by atoms with Crippen molar-refractivity contribution in [3.8, 4) is 22.1 Å². The number of hydrogen-bond donors (Lipinski definition) is 0. The van der Waals surface area contributed by atoms with Gasteiger partial charge in [-0.15, -0.1) is 11.3 Å². The van der Waals surface area contributed by atoms with Gasteiger partial charge < -0.3 is 14.2 Å². The number of benzene rings is 2. The summed E-state index contributed by atoms with van der Waals surface area (Å²) in [5.74, 6) is 0.207. The molecule has 2 aromatic carbocycles. The molecule has 0 saturated heterocycles. The second-order valence-electron chi connectivity index (χ2n) is 5.33. The zero-order valence-corrected chi connectivity index (χ0v) is 15.0. The Hall–Kier alpha value is -2.93. The Morgan fingerprint density at radius 2 is 1.73 bits per heavy atom. The van der Waals surface area contributed by atoms with Crippen molar-refractivity contribution in [2.45, 2.75) is 6.61 Å². The van der Waals surface area contributed by atoms with Gasteiger partial charge in [0, 0.05) is 17.0 Å². The average Bonchev–Trinajstić information content (AvgIpc) is 3.15. The summed E-state index contributed by atoms with van der Waals surface area (Å²) in [6.07, 6.45) is 0. The fraction of sp³-hybridized carbons (Fsp3) is 0.158. The highest BCUT2D eigenvalue weighted by Gasteiger charge is 2.13. The maximum Gasteiger partial charge on any atom is 0.338 e. The van der Waals surface area contributed by atoms with E-state index in [2.05, 4.69) is 4.98 Å². The van der Waals surface area contributed by atoms with Gasteiger partial charge in [-0.3, -0.25) is 0 Å². The molecule has 0 atom stereocenters. The molecule has 0 spiro atoms. The van der Waals surface area contributed by atoms with E-state index in [1.807, 2.05) is 0 Å². The summed E-state index contributed by atoms with van der Waals surface area (Å²) in [7, 11) is 3.02. The molecule has 0 fully saturated rings. The average molecular weight is 373 g/mol. The Morgan fingerprint density at radius 3 is 2.35 bits per heavy atom. The van der Waals surface area contributed by atoms with Crippen molar-refractivity contribution < 1.29 is 23.4 Å². The molecule has 0 unspecified atom stereocenters. The van der Waals surface area contributed by atoms with Gasteiger partial charge >= 0.3 is 5.97 Å². The minimum absolute atomic E-state index is 0.0378. The summed E-state index contributed by atoms with van der Waals surface area (Å²) in [5, 5.41) is 2.54. The van der Waals surface area contributed by atoms with Crippen LogP contribution < -0.4 is 9.47 Å². The van der Waals surface area contributed by atoms with Crippen LogP contribution in [0.4, 0.5) is 4.39 Å². The van der Waals surface area contributed by atoms with Crippen LogP contribution in [0.25, 0.3) is 10.6 Å². The molecule has 1 aromatic heterocycles. The van der Waals surface area contributed by atoms with Crippen molar-refractivity contribution in [2.75, 3.05) is 14.2 Å². The zero-order valence-electron chi connectivity index (χ0n) is 14.2. The lowest BCUT2D eigenvalue weighted by molar-refractivity contribution is 0.0467. The van der Waals surface area contributed by atoms with Crippen LogP contribution in [-0.2, 0) is 11.3 Å². The van der Waals surface area contributed by atoms with Crippen molar-refractivity contribution in [3.63, 3.8) is 0 Å². The second kappa shape index (κ2) is 7.97. The molecule has 26 heavy (non-hydrogen) atoms. The van der Waals surface area contributed by atoms with Crippen LogP contribution in [-0.4, -0.2) is 25.2 Å². The normalized spacial score (nSPS) is 10.4. The number of esters is 1. The highest BCUT2D eigenvalue weighted by Crippen LogP contribution is 2.25. The maximum atomic E-state index is 13.0. The lowest BCUT2D eigenvalue weighted by Gasteiger charge is -2.08. The van der Waals surface area contributed by atoms with Gasteiger partial charge in [0.05, 0.1) is 25.5 Å². The first-order valence-corrected chi connectivity index (χ1v) is 8.57. The summed E-state index contributed by atoms with van der Waals surface area (Å²) in [4.78, 5) is 16.7. The SMILES string of the molecule is COc1cc(OC)cc(C(=O)OCc2csc(-c3ccc(F)cc3)n2)c1. The molecule has 0 aliphatic carbocycles. The van der Waals surface area contributed by atoms with Crippen molar-refractivity contribution in [1.82, 2.24) is 4.98 Å². The molecule has 5 nitrogen and oxygen atoms in total. The molecular formula is C19H16FNO4S. The first-order chi connectivity index (χ1) is 12.6. The minimum atomic E-state index is -0.501. The van der Waals surface area contributed by atoms with Gasteiger partial charge in [-0.05, 0) is 36.4 Å². The van der Waals surface area contributed by atoms with E-state index in [9.17, 15) is 9.18 Å². The van der Waals surface area contributed by atoms with E-state index >= 15 is 0 Å². The number of hydrogen-bond acceptors (Lipinski definition) is 6. The van der Waals surface area contributed by atoms with Crippen LogP contribution in [0.15, 0.2) is 47.8 Å². The smallest absolute Gasteiger partial charge is 0.338 e. The molecule has 1 heterocycles. The summed E-state index contributed by atoms with van der Waals surface area (Å²) < 4.78 is 28.6. The van der Waals surface area contributed by atoms with Gasteiger partial charge in [0.25, 0.3) is 0 Å². The van der Waals surface area contributed by atoms with Gasteiger partial charge in [0.15, 0.2) is 0 Å². The van der Waals surface area contributed by atoms with E-state index in [4.69, 9.17) is 14.2 Å². The van der Waals surface area contributed by atoms with E-state index < -0.39 is 5.97 Å². The van der Waals surface area contributed by atoms with Crippen LogP contribution >= 0.6 is 11.3 Å². The fourth-order valence-electron chi connectivity index (χ4n) is 2.25. The van der Waals surface area contributed by atoms with E-state index in [0.717, 1.165) is 10.6 Å². The van der Waals surface area contributed by atoms with Crippen LogP contribution in [0, 0.1) is 5.82 Å². The number of carbonyl (C=O) groups is 1. The molecule has 0 saturated carbocycles. The lowest BCUT2D eigenvalue weighted by atomic mass is 10.2. The standard InChI is InChI=1S/C19H16FNO4S/c1-23-16-7-13(8-17(9-16)24-2)19(22)25-10-15-11-26-18(21-15)12-3-5-14(20)6-4-12/h3-9,11H,10H2,1-2H3. The van der Waals surface area contributed by atoms with E-state index in [1.54, 1.807) is 35.7 Å². The Bertz CT molecular complexity index is 886. The van der Waals surface area contributed by atoms with Gasteiger partial charge in [-0.25, -0.2) is 14.2 Å². The van der Waals surface area contributed by atoms with Crippen LogP contribution in [0.5, 0.6) is 11.5 Å². The zero-order chi connectivity index (χ0) is 18.5. The first-order valence-electron chi connectivity index (χ1n) is 7.69. The molecule has 3 rings (SSSR count). The van der Waals surface area contributed by atoms with Gasteiger partial charge in [-0.1, -0.05) is 0 Å². The highest BCUT2D eigenvalue weighted by molar-refractivity contribution is 7.13. The number of thiazole rings is 1. The molecule has 0 N–H and O–H groups in total. The van der Waals surface area contributed by atoms with Crippen molar-refractivity contribution in [3.05, 3.63) is 64.9 Å². The topological polar surface area (TPSA) is 57.7 Å². The highest BCUT2D eigenvalue weighted by atomic mass is 32.1. The summed E-state index contributed by atoms with van der Waals surface area (Å²) in [5.41, 5.74) is 1.76. The number of carbonyl (C=O) groups excluding carboxylic acids is 1. The third-order valence-corrected chi connectivity index (χ3v) is 4.52. The first kappa shape index (κ1) is 17.9. The Labute approximate surface area is 154 Å². The monoisotopic (exact) mass is 373 g/mol. The number of rotatable bonds is 6. The molecule has 0 radical (unpaired) electrons. The number of ether oxygens (including phenoxy) is 3. The molecule has 0 bridgehead atoms. The van der Waals surface area contributed by atoms with Crippen molar-refractivity contribution in [2.24, 2.45) is 0 Å². The van der Waals surface area contributed by atoms with Gasteiger partial charge in [0.1, 0.15) is 28.9 Å². The predicted molar refractivity (Wildman–Crippen MR) is 96.2 cm³/mol. The van der Waals surface area contributed by atoms with Gasteiger partial charge in [0.2, 0.25) is 0 Å². The quantitative estimate of drug-likeness (QED) is 0.602. The van der Waals surface area contributed by atoms with Crippen molar-refractivity contribution in [1.29, 1.82) is 0 Å². The molecular weight excluding hydrogens is 357 g/mol. The predicted octanol–water partition coefficient (Wildman–Crippen LogP) is 4.32. The Balaban J connectivity index is 1.67. The number of methoxy groups -OCH3 is 2. The second-order valence-corrected chi connectivity index (χ2v) is 6.19. The Morgan fingerprint density at radius 1 is 1.08 bits per heavy atom. The molecule has 0 aliphatic heterocycles. The van der Waals surface area contributed by atoms with Crippen LogP contribution in [0.2, 0.25) is 0 Å². The lowest BCUT2D eigenvalue weighted by Crippen LogP contribution is -2.06. The number of aromatic nitrogens is 1. The number of nitrogens with zero attached hydrogens (tertiary/aromatic N) is 1. The summed E-state index contributed by atoms with van der Waals surface area (Å²) in [6.45, 7) is 0.0378. The Kier molecular flexibility index (Phi) is 5.48. The van der Waals surface area contributed by atoms with Gasteiger partial charge in [-0.2, -0.15) is 0 Å². The molecule has 0 aliphatic rings. The molecule has 3 aromatic rings. The van der Waals surface area contributed by atoms with E-state index in [0.29, 0.717) is 22.8 Å². The van der Waals surface area contributed by atoms with E-state index in [-0.39, 0.29) is 12.4 Å².